The van der Waals surface area contributed by atoms with Crippen molar-refractivity contribution in [2.75, 3.05) is 19.8 Å². The molecule has 0 saturated carbocycles. The van der Waals surface area contributed by atoms with Crippen molar-refractivity contribution < 1.29 is 22.1 Å². The molecule has 1 aromatic carbocycles. The summed E-state index contributed by atoms with van der Waals surface area (Å²) in [5, 5.41) is 0.235. The number of rotatable bonds is 10. The summed E-state index contributed by atoms with van der Waals surface area (Å²) in [6.07, 6.45) is 2.58. The fourth-order valence-corrected chi connectivity index (χ4v) is 3.58. The topological polar surface area (TPSA) is 72.8 Å². The lowest BCUT2D eigenvalue weighted by Gasteiger charge is -2.36. The van der Waals surface area contributed by atoms with E-state index in [1.165, 1.54) is 12.1 Å². The summed E-state index contributed by atoms with van der Waals surface area (Å²) in [6.45, 7) is 13.3. The molecule has 0 amide bonds. The second-order valence-corrected chi connectivity index (χ2v) is 14.0. The number of aryl methyl sites for hydroxylation is 1. The van der Waals surface area contributed by atoms with E-state index < -0.39 is 18.4 Å². The highest BCUT2D eigenvalue weighted by Crippen LogP contribution is 2.36. The summed E-state index contributed by atoms with van der Waals surface area (Å²) in [5.41, 5.74) is 1.03. The van der Waals surface area contributed by atoms with Gasteiger partial charge in [0, 0.05) is 19.8 Å². The van der Waals surface area contributed by atoms with E-state index in [-0.39, 0.29) is 9.93 Å². The molecule has 0 aromatic heterocycles. The Morgan fingerprint density at radius 1 is 1.00 bits per heavy atom. The third-order valence-corrected chi connectivity index (χ3v) is 10.1. The molecule has 0 bridgehead atoms. The number of benzene rings is 1. The van der Waals surface area contributed by atoms with E-state index in [1.54, 1.807) is 12.1 Å². The van der Waals surface area contributed by atoms with Crippen LogP contribution in [0.25, 0.3) is 0 Å². The highest BCUT2D eigenvalue weighted by molar-refractivity contribution is 7.85. The smallest absolute Gasteiger partial charge is 0.294 e. The van der Waals surface area contributed by atoms with Crippen LogP contribution in [0.4, 0.5) is 0 Å². The first-order chi connectivity index (χ1) is 11.4. The van der Waals surface area contributed by atoms with Crippen LogP contribution in [0.5, 0.6) is 0 Å². The van der Waals surface area contributed by atoms with Crippen molar-refractivity contribution in [1.82, 2.24) is 0 Å². The fraction of sp³-hybridized carbons (Fsp3) is 0.667. The first-order valence-corrected chi connectivity index (χ1v) is 13.1. The van der Waals surface area contributed by atoms with E-state index in [0.717, 1.165) is 31.4 Å². The zero-order chi connectivity index (χ0) is 19.1. The molecule has 0 aliphatic heterocycles. The van der Waals surface area contributed by atoms with E-state index in [4.69, 9.17) is 13.7 Å². The van der Waals surface area contributed by atoms with Gasteiger partial charge in [-0.1, -0.05) is 32.9 Å². The minimum atomic E-state index is -4.11. The van der Waals surface area contributed by atoms with Gasteiger partial charge in [0.2, 0.25) is 0 Å². The van der Waals surface area contributed by atoms with Gasteiger partial charge in [0.05, 0.1) is 4.90 Å². The van der Waals surface area contributed by atoms with Crippen LogP contribution in [0, 0.1) is 0 Å². The molecular weight excluding hydrogens is 356 g/mol. The van der Waals surface area contributed by atoms with Crippen LogP contribution >= 0.6 is 0 Å². The first-order valence-electron chi connectivity index (χ1n) is 8.72. The molecule has 0 saturated heterocycles. The van der Waals surface area contributed by atoms with Crippen LogP contribution in [0.15, 0.2) is 29.2 Å². The SMILES string of the molecule is CC(C)(C)[Si](C)(C)OCCCOCCCc1ccc(S(=O)(=O)O)cc1. The number of hydrogen-bond acceptors (Lipinski definition) is 4. The molecule has 1 N–H and O–H groups in total. The quantitative estimate of drug-likeness (QED) is 0.368. The Hall–Kier alpha value is -0.733. The Morgan fingerprint density at radius 3 is 2.08 bits per heavy atom. The summed E-state index contributed by atoms with van der Waals surface area (Å²) >= 11 is 0. The predicted octanol–water partition coefficient (Wildman–Crippen LogP) is 4.29. The van der Waals surface area contributed by atoms with Gasteiger partial charge in [0.15, 0.2) is 8.32 Å². The molecule has 1 rings (SSSR count). The lowest BCUT2D eigenvalue weighted by Crippen LogP contribution is -2.41. The maximum Gasteiger partial charge on any atom is 0.294 e. The Bertz CT molecular complexity index is 618. The Balaban J connectivity index is 2.15. The van der Waals surface area contributed by atoms with Crippen LogP contribution < -0.4 is 0 Å². The van der Waals surface area contributed by atoms with Gasteiger partial charge in [0.1, 0.15) is 0 Å². The maximum absolute atomic E-state index is 11.0. The average Bonchev–Trinajstić information content (AvgIpc) is 2.48. The van der Waals surface area contributed by atoms with Crippen molar-refractivity contribution in [2.24, 2.45) is 0 Å². The van der Waals surface area contributed by atoms with Crippen LogP contribution in [-0.4, -0.2) is 41.1 Å². The zero-order valence-corrected chi connectivity index (χ0v) is 17.9. The summed E-state index contributed by atoms with van der Waals surface area (Å²) in [6, 6.07) is 6.28. The molecular formula is C18H32O5SSi. The molecule has 5 nitrogen and oxygen atoms in total. The molecule has 0 fully saturated rings. The Morgan fingerprint density at radius 2 is 1.56 bits per heavy atom. The molecule has 0 radical (unpaired) electrons. The summed E-state index contributed by atoms with van der Waals surface area (Å²) in [7, 11) is -5.77. The molecule has 1 aromatic rings. The van der Waals surface area contributed by atoms with Crippen molar-refractivity contribution in [3.63, 3.8) is 0 Å². The van der Waals surface area contributed by atoms with Gasteiger partial charge in [-0.25, -0.2) is 0 Å². The highest BCUT2D eigenvalue weighted by Gasteiger charge is 2.36. The van der Waals surface area contributed by atoms with Gasteiger partial charge >= 0.3 is 0 Å². The van der Waals surface area contributed by atoms with Crippen LogP contribution in [0.2, 0.25) is 18.1 Å². The fourth-order valence-electron chi connectivity index (χ4n) is 2.01. The van der Waals surface area contributed by atoms with Crippen molar-refractivity contribution in [3.05, 3.63) is 29.8 Å². The van der Waals surface area contributed by atoms with E-state index in [1.807, 2.05) is 0 Å². The summed E-state index contributed by atoms with van der Waals surface area (Å²) in [4.78, 5) is -0.0748. The molecule has 0 aliphatic rings. The van der Waals surface area contributed by atoms with Gasteiger partial charge in [-0.3, -0.25) is 4.55 Å². The molecule has 0 atom stereocenters. The minimum absolute atomic E-state index is 0.0748. The summed E-state index contributed by atoms with van der Waals surface area (Å²) < 4.78 is 42.6. The lowest BCUT2D eigenvalue weighted by atomic mass is 10.1. The van der Waals surface area contributed by atoms with Gasteiger partial charge in [-0.2, -0.15) is 8.42 Å². The second kappa shape index (κ2) is 9.28. The standard InChI is InChI=1S/C18H32O5SSi/c1-18(2,3)25(4,5)23-15-7-14-22-13-6-8-16-9-11-17(12-10-16)24(19,20)21/h9-12H,6-8,13-15H2,1-5H3,(H,19,20,21). The number of ether oxygens (including phenoxy) is 1. The lowest BCUT2D eigenvalue weighted by molar-refractivity contribution is 0.115. The minimum Gasteiger partial charge on any atom is -0.417 e. The van der Waals surface area contributed by atoms with Crippen molar-refractivity contribution in [2.45, 2.75) is 63.1 Å². The van der Waals surface area contributed by atoms with Crippen molar-refractivity contribution in [1.29, 1.82) is 0 Å². The molecule has 7 heteroatoms. The van der Waals surface area contributed by atoms with E-state index in [9.17, 15) is 8.42 Å². The van der Waals surface area contributed by atoms with E-state index >= 15 is 0 Å². The van der Waals surface area contributed by atoms with E-state index in [2.05, 4.69) is 33.9 Å². The maximum atomic E-state index is 11.0. The average molecular weight is 389 g/mol. The largest absolute Gasteiger partial charge is 0.417 e. The third-order valence-electron chi connectivity index (χ3n) is 4.68. The molecule has 25 heavy (non-hydrogen) atoms. The number of hydrogen-bond donors (Lipinski definition) is 1. The van der Waals surface area contributed by atoms with Crippen molar-refractivity contribution in [3.8, 4) is 0 Å². The highest BCUT2D eigenvalue weighted by atomic mass is 32.2. The first kappa shape index (κ1) is 22.3. The van der Waals surface area contributed by atoms with Crippen LogP contribution in [0.3, 0.4) is 0 Å². The third kappa shape index (κ3) is 8.00. The van der Waals surface area contributed by atoms with Crippen LogP contribution in [0.1, 0.15) is 39.2 Å². The normalized spacial score (nSPS) is 13.2. The Kier molecular flexibility index (Phi) is 8.28. The second-order valence-electron chi connectivity index (χ2n) is 7.80. The molecule has 0 unspecified atom stereocenters. The molecule has 144 valence electrons. The van der Waals surface area contributed by atoms with Gasteiger partial charge in [-0.05, 0) is 55.1 Å². The molecule has 0 spiro atoms. The van der Waals surface area contributed by atoms with E-state index in [0.29, 0.717) is 13.2 Å². The molecule has 0 heterocycles. The zero-order valence-electron chi connectivity index (χ0n) is 16.0. The summed E-state index contributed by atoms with van der Waals surface area (Å²) in [5.74, 6) is 0. The van der Waals surface area contributed by atoms with Gasteiger partial charge in [-0.15, -0.1) is 0 Å². The van der Waals surface area contributed by atoms with Gasteiger partial charge in [0.25, 0.3) is 10.1 Å². The predicted molar refractivity (Wildman–Crippen MR) is 103 cm³/mol. The van der Waals surface area contributed by atoms with Crippen LogP contribution in [-0.2, 0) is 25.7 Å². The monoisotopic (exact) mass is 388 g/mol. The molecule has 0 aliphatic carbocycles. The van der Waals surface area contributed by atoms with Crippen molar-refractivity contribution >= 4 is 18.4 Å². The Labute approximate surface area is 153 Å². The van der Waals surface area contributed by atoms with Gasteiger partial charge < -0.3 is 9.16 Å².